The average molecular weight is 341 g/mol. The maximum atomic E-state index is 11.8. The van der Waals surface area contributed by atoms with Crippen molar-refractivity contribution in [3.8, 4) is 0 Å². The van der Waals surface area contributed by atoms with E-state index in [0.29, 0.717) is 21.6 Å². The Morgan fingerprint density at radius 2 is 1.96 bits per heavy atom. The van der Waals surface area contributed by atoms with Crippen LogP contribution in [-0.4, -0.2) is 20.9 Å². The molecule has 0 bridgehead atoms. The Kier molecular flexibility index (Phi) is 3.53. The van der Waals surface area contributed by atoms with Crippen molar-refractivity contribution in [3.63, 3.8) is 0 Å². The molecule has 0 saturated heterocycles. The Labute approximate surface area is 144 Å². The lowest BCUT2D eigenvalue weighted by Crippen LogP contribution is -2.15. The summed E-state index contributed by atoms with van der Waals surface area (Å²) in [7, 11) is 0. The predicted octanol–water partition coefficient (Wildman–Crippen LogP) is 3.67. The number of nitrogens with two attached hydrogens (primary N) is 1. The third-order valence-electron chi connectivity index (χ3n) is 4.67. The Balaban J connectivity index is 1.80. The highest BCUT2D eigenvalue weighted by atomic mass is 35.5. The SMILES string of the molecule is CC(c1ccc(C2CC2)cc1)n1nnc2c(Cl)ccc(C(N)=O)c21. The average Bonchev–Trinajstić information content (AvgIpc) is 3.33. The number of nitrogens with zero attached hydrogens (tertiary/aromatic N) is 3. The van der Waals surface area contributed by atoms with E-state index in [-0.39, 0.29) is 6.04 Å². The molecular formula is C18H17ClN4O. The number of carbonyl (C=O) groups is 1. The first-order valence-electron chi connectivity index (χ1n) is 7.99. The lowest BCUT2D eigenvalue weighted by atomic mass is 10.0. The molecule has 2 N–H and O–H groups in total. The van der Waals surface area contributed by atoms with Crippen LogP contribution in [0.15, 0.2) is 36.4 Å². The second-order valence-corrected chi connectivity index (χ2v) is 6.71. The topological polar surface area (TPSA) is 73.8 Å². The molecule has 0 spiro atoms. The standard InChI is InChI=1S/C18H17ClN4O/c1-10(11-2-4-12(5-3-11)13-6-7-13)23-17-14(18(20)24)8-9-15(19)16(17)21-22-23/h2-5,8-10,13H,6-7H2,1H3,(H2,20,24). The summed E-state index contributed by atoms with van der Waals surface area (Å²) in [5.74, 6) is 0.207. The molecule has 1 aromatic heterocycles. The van der Waals surface area contributed by atoms with E-state index in [2.05, 4.69) is 34.6 Å². The van der Waals surface area contributed by atoms with Crippen LogP contribution in [0.25, 0.3) is 11.0 Å². The summed E-state index contributed by atoms with van der Waals surface area (Å²) in [6.45, 7) is 2.02. The van der Waals surface area contributed by atoms with Gasteiger partial charge in [0.25, 0.3) is 5.91 Å². The quantitative estimate of drug-likeness (QED) is 0.787. The molecule has 122 valence electrons. The van der Waals surface area contributed by atoms with Gasteiger partial charge in [-0.25, -0.2) is 4.68 Å². The zero-order valence-electron chi connectivity index (χ0n) is 13.2. The fourth-order valence-corrected chi connectivity index (χ4v) is 3.28. The molecule has 1 aliphatic carbocycles. The Morgan fingerprint density at radius 1 is 1.25 bits per heavy atom. The first-order chi connectivity index (χ1) is 11.6. The molecule has 1 amide bonds. The molecule has 5 nitrogen and oxygen atoms in total. The monoisotopic (exact) mass is 340 g/mol. The Hall–Kier alpha value is -2.40. The summed E-state index contributed by atoms with van der Waals surface area (Å²) in [5.41, 5.74) is 9.44. The maximum Gasteiger partial charge on any atom is 0.250 e. The van der Waals surface area contributed by atoms with Crippen molar-refractivity contribution in [3.05, 3.63) is 58.1 Å². The molecule has 3 aromatic rings. The van der Waals surface area contributed by atoms with Gasteiger partial charge in [-0.3, -0.25) is 4.79 Å². The van der Waals surface area contributed by atoms with Crippen LogP contribution in [0.1, 0.15) is 53.2 Å². The number of halogens is 1. The highest BCUT2D eigenvalue weighted by Gasteiger charge is 2.24. The van der Waals surface area contributed by atoms with Gasteiger partial charge in [-0.15, -0.1) is 5.10 Å². The molecule has 1 heterocycles. The molecule has 4 rings (SSSR count). The molecular weight excluding hydrogens is 324 g/mol. The number of rotatable bonds is 4. The minimum atomic E-state index is -0.517. The van der Waals surface area contributed by atoms with Crippen LogP contribution in [0.2, 0.25) is 5.02 Å². The van der Waals surface area contributed by atoms with E-state index in [1.54, 1.807) is 16.8 Å². The van der Waals surface area contributed by atoms with Gasteiger partial charge in [0, 0.05) is 0 Å². The number of amides is 1. The number of hydrogen-bond acceptors (Lipinski definition) is 3. The fraction of sp³-hybridized carbons (Fsp3) is 0.278. The summed E-state index contributed by atoms with van der Waals surface area (Å²) in [5, 5.41) is 8.81. The normalized spacial score (nSPS) is 15.6. The molecule has 0 aliphatic heterocycles. The maximum absolute atomic E-state index is 11.8. The van der Waals surface area contributed by atoms with E-state index in [1.807, 2.05) is 6.92 Å². The Morgan fingerprint density at radius 3 is 2.58 bits per heavy atom. The number of primary amides is 1. The van der Waals surface area contributed by atoms with Crippen molar-refractivity contribution in [2.45, 2.75) is 31.7 Å². The van der Waals surface area contributed by atoms with Crippen molar-refractivity contribution < 1.29 is 4.79 Å². The van der Waals surface area contributed by atoms with Gasteiger partial charge in [0.1, 0.15) is 11.0 Å². The van der Waals surface area contributed by atoms with Crippen molar-refractivity contribution in [2.24, 2.45) is 5.73 Å². The molecule has 1 aliphatic rings. The highest BCUT2D eigenvalue weighted by molar-refractivity contribution is 6.35. The number of hydrogen-bond donors (Lipinski definition) is 1. The van der Waals surface area contributed by atoms with Crippen LogP contribution in [0.5, 0.6) is 0 Å². The summed E-state index contributed by atoms with van der Waals surface area (Å²) < 4.78 is 1.72. The van der Waals surface area contributed by atoms with Crippen LogP contribution in [0.3, 0.4) is 0 Å². The number of carbonyl (C=O) groups excluding carboxylic acids is 1. The van der Waals surface area contributed by atoms with Gasteiger partial charge < -0.3 is 5.73 Å². The fourth-order valence-electron chi connectivity index (χ4n) is 3.09. The molecule has 24 heavy (non-hydrogen) atoms. The molecule has 1 fully saturated rings. The molecule has 1 saturated carbocycles. The van der Waals surface area contributed by atoms with Gasteiger partial charge in [-0.2, -0.15) is 0 Å². The molecule has 1 unspecified atom stereocenters. The van der Waals surface area contributed by atoms with Crippen molar-refractivity contribution in [2.75, 3.05) is 0 Å². The smallest absolute Gasteiger partial charge is 0.250 e. The molecule has 6 heteroatoms. The number of aromatic nitrogens is 3. The van der Waals surface area contributed by atoms with Gasteiger partial charge in [-0.05, 0) is 48.9 Å². The van der Waals surface area contributed by atoms with Crippen LogP contribution in [-0.2, 0) is 0 Å². The largest absolute Gasteiger partial charge is 0.366 e. The minimum Gasteiger partial charge on any atom is -0.366 e. The van der Waals surface area contributed by atoms with E-state index >= 15 is 0 Å². The lowest BCUT2D eigenvalue weighted by Gasteiger charge is -2.15. The summed E-state index contributed by atoms with van der Waals surface area (Å²) in [6, 6.07) is 11.7. The number of benzene rings is 2. The van der Waals surface area contributed by atoms with Gasteiger partial charge in [0.05, 0.1) is 16.6 Å². The van der Waals surface area contributed by atoms with Gasteiger partial charge in [-0.1, -0.05) is 41.1 Å². The third kappa shape index (κ3) is 2.45. The third-order valence-corrected chi connectivity index (χ3v) is 4.98. The Bertz CT molecular complexity index is 928. The van der Waals surface area contributed by atoms with E-state index in [4.69, 9.17) is 17.3 Å². The van der Waals surface area contributed by atoms with Crippen molar-refractivity contribution >= 4 is 28.5 Å². The van der Waals surface area contributed by atoms with Crippen LogP contribution in [0, 0.1) is 0 Å². The molecule has 1 atom stereocenters. The first kappa shape index (κ1) is 15.1. The zero-order valence-corrected chi connectivity index (χ0v) is 14.0. The molecule has 2 aromatic carbocycles. The van der Waals surface area contributed by atoms with Gasteiger partial charge in [0.15, 0.2) is 0 Å². The second-order valence-electron chi connectivity index (χ2n) is 6.31. The van der Waals surface area contributed by atoms with Crippen molar-refractivity contribution in [1.82, 2.24) is 15.0 Å². The van der Waals surface area contributed by atoms with E-state index in [9.17, 15) is 4.79 Å². The zero-order chi connectivity index (χ0) is 16.8. The summed E-state index contributed by atoms with van der Waals surface area (Å²) in [6.07, 6.45) is 2.56. The van der Waals surface area contributed by atoms with Gasteiger partial charge >= 0.3 is 0 Å². The van der Waals surface area contributed by atoms with Crippen molar-refractivity contribution in [1.29, 1.82) is 0 Å². The van der Waals surface area contributed by atoms with Crippen LogP contribution in [0.4, 0.5) is 0 Å². The minimum absolute atomic E-state index is 0.0835. The predicted molar refractivity (Wildman–Crippen MR) is 93.3 cm³/mol. The first-order valence-corrected chi connectivity index (χ1v) is 8.37. The summed E-state index contributed by atoms with van der Waals surface area (Å²) >= 11 is 6.19. The second kappa shape index (κ2) is 5.60. The van der Waals surface area contributed by atoms with E-state index < -0.39 is 5.91 Å². The lowest BCUT2D eigenvalue weighted by molar-refractivity contribution is 0.100. The summed E-state index contributed by atoms with van der Waals surface area (Å²) in [4.78, 5) is 11.8. The van der Waals surface area contributed by atoms with Gasteiger partial charge in [0.2, 0.25) is 0 Å². The molecule has 0 radical (unpaired) electrons. The van der Waals surface area contributed by atoms with E-state index in [0.717, 1.165) is 11.5 Å². The van der Waals surface area contributed by atoms with E-state index in [1.165, 1.54) is 18.4 Å². The van der Waals surface area contributed by atoms with Crippen LogP contribution < -0.4 is 5.73 Å². The number of fused-ring (bicyclic) bond motifs is 1. The van der Waals surface area contributed by atoms with Crippen LogP contribution >= 0.6 is 11.6 Å². The highest BCUT2D eigenvalue weighted by Crippen LogP contribution is 2.40.